The zero-order valence-corrected chi connectivity index (χ0v) is 30.3. The maximum atomic E-state index is 9.83. The van der Waals surface area contributed by atoms with Crippen molar-refractivity contribution in [3.63, 3.8) is 0 Å². The Bertz CT molecular complexity index is 3490. The lowest BCUT2D eigenvalue weighted by Gasteiger charge is -2.39. The lowest BCUT2D eigenvalue weighted by molar-refractivity contribution is 0.436. The van der Waals surface area contributed by atoms with E-state index in [9.17, 15) is 10.5 Å². The first kappa shape index (κ1) is 31.7. The summed E-state index contributed by atoms with van der Waals surface area (Å²) in [5, 5.41) is 23.3. The molecule has 0 saturated heterocycles. The Morgan fingerprint density at radius 1 is 0.534 bits per heavy atom. The number of pyridine rings is 3. The smallest absolute Gasteiger partial charge is 0.188 e. The normalized spacial score (nSPS) is 13.1. The number of ether oxygens (including phenoxy) is 1. The molecule has 1 spiro atoms. The van der Waals surface area contributed by atoms with Crippen molar-refractivity contribution in [2.45, 2.75) is 5.41 Å². The molecule has 10 aromatic rings. The number of benzene rings is 5. The highest BCUT2D eigenvalue weighted by atomic mass is 16.5. The fraction of sp³-hybridized carbons (Fsp3) is 0.0204. The van der Waals surface area contributed by atoms with E-state index in [0.29, 0.717) is 16.9 Å². The maximum absolute atomic E-state index is 9.83. The Kier molecular flexibility index (Phi) is 6.28. The minimum Gasteiger partial charge on any atom is -0.457 e. The summed E-state index contributed by atoms with van der Waals surface area (Å²) in [7, 11) is 0. The fourth-order valence-electron chi connectivity index (χ4n) is 9.46. The fourth-order valence-corrected chi connectivity index (χ4v) is 9.46. The van der Waals surface area contributed by atoms with Crippen LogP contribution in [0.15, 0.2) is 146 Å². The van der Waals surface area contributed by atoms with E-state index in [4.69, 9.17) is 21.3 Å². The molecule has 12 rings (SSSR count). The number of rotatable bonds is 2. The zero-order chi connectivity index (χ0) is 38.7. The van der Waals surface area contributed by atoms with Crippen LogP contribution in [0.5, 0.6) is 11.5 Å². The molecule has 0 N–H and O–H groups in total. The standard InChI is InChI=1S/C49H24N8O/c1-52-29-15-17-43-35(19-29)33-8-2-5-11-41(33)56(43)31-21-39-47(54-25-31)48-40(49(39)37-9-3-6-12-45(37)58-46-13-7-4-10-38(46)49)22-32(26-55-48)57-42-16-14-28(23-50)18-34(42)36-20-30(24-51)53-27-44(36)57/h2-22,25-27H. The summed E-state index contributed by atoms with van der Waals surface area (Å²) in [5.74, 6) is 1.49. The summed E-state index contributed by atoms with van der Waals surface area (Å²) >= 11 is 0. The van der Waals surface area contributed by atoms with Crippen LogP contribution in [-0.4, -0.2) is 24.1 Å². The van der Waals surface area contributed by atoms with Gasteiger partial charge in [0.05, 0.1) is 87.0 Å². The second kappa shape index (κ2) is 11.5. The van der Waals surface area contributed by atoms with Gasteiger partial charge in [-0.1, -0.05) is 60.7 Å². The van der Waals surface area contributed by atoms with Gasteiger partial charge in [0, 0.05) is 38.4 Å². The summed E-state index contributed by atoms with van der Waals surface area (Å²) in [5.41, 5.74) is 11.2. The van der Waals surface area contributed by atoms with Gasteiger partial charge in [-0.2, -0.15) is 10.5 Å². The Labute approximate surface area is 330 Å². The third kappa shape index (κ3) is 4.02. The maximum Gasteiger partial charge on any atom is 0.188 e. The van der Waals surface area contributed by atoms with Crippen molar-refractivity contribution in [1.82, 2.24) is 24.1 Å². The van der Waals surface area contributed by atoms with Gasteiger partial charge in [-0.05, 0) is 72.1 Å². The molecule has 1 aliphatic heterocycles. The van der Waals surface area contributed by atoms with Gasteiger partial charge in [0.25, 0.3) is 0 Å². The molecule has 266 valence electrons. The number of hydrogen-bond acceptors (Lipinski definition) is 6. The summed E-state index contributed by atoms with van der Waals surface area (Å²) in [6.07, 6.45) is 5.50. The van der Waals surface area contributed by atoms with Crippen LogP contribution >= 0.6 is 0 Å². The van der Waals surface area contributed by atoms with Crippen LogP contribution in [0.2, 0.25) is 0 Å². The van der Waals surface area contributed by atoms with Gasteiger partial charge in [0.15, 0.2) is 5.69 Å². The Morgan fingerprint density at radius 3 is 1.79 bits per heavy atom. The van der Waals surface area contributed by atoms with Gasteiger partial charge in [0.1, 0.15) is 23.3 Å². The van der Waals surface area contributed by atoms with Crippen molar-refractivity contribution >= 4 is 49.3 Å². The predicted octanol–water partition coefficient (Wildman–Crippen LogP) is 10.8. The average molecular weight is 741 g/mol. The summed E-state index contributed by atoms with van der Waals surface area (Å²) < 4.78 is 11.0. The Balaban J connectivity index is 1.18. The highest BCUT2D eigenvalue weighted by Gasteiger charge is 2.53. The first-order valence-electron chi connectivity index (χ1n) is 18.6. The Hall–Kier alpha value is -8.58. The predicted molar refractivity (Wildman–Crippen MR) is 222 cm³/mol. The van der Waals surface area contributed by atoms with Gasteiger partial charge in [-0.3, -0.25) is 9.97 Å². The molecule has 58 heavy (non-hydrogen) atoms. The number of fused-ring (bicyclic) bond motifs is 15. The van der Waals surface area contributed by atoms with E-state index in [2.05, 4.69) is 67.5 Å². The third-order valence-corrected chi connectivity index (χ3v) is 11.8. The number of para-hydroxylation sites is 3. The Morgan fingerprint density at radius 2 is 1.12 bits per heavy atom. The van der Waals surface area contributed by atoms with E-state index in [-0.39, 0.29) is 0 Å². The number of aromatic nitrogens is 5. The second-order valence-corrected chi connectivity index (χ2v) is 14.6. The van der Waals surface area contributed by atoms with Gasteiger partial charge >= 0.3 is 0 Å². The minimum atomic E-state index is -0.892. The summed E-state index contributed by atoms with van der Waals surface area (Å²) in [4.78, 5) is 18.7. The molecule has 9 heteroatoms. The SMILES string of the molecule is [C-]#[N+]c1ccc2c(c1)c1ccccc1n2-c1cnc2c(c1)C1(c3ccccc3Oc3ccccc31)c1cc(-n3c4ccc(C#N)cc4c4cc(C#N)ncc43)cnc1-2. The lowest BCUT2D eigenvalue weighted by atomic mass is 9.66. The quantitative estimate of drug-likeness (QED) is 0.163. The summed E-state index contributed by atoms with van der Waals surface area (Å²) in [6, 6.07) is 46.8. The highest BCUT2D eigenvalue weighted by molar-refractivity contribution is 6.11. The number of hydrogen-bond donors (Lipinski definition) is 0. The van der Waals surface area contributed by atoms with Gasteiger partial charge in [0.2, 0.25) is 0 Å². The first-order valence-corrected chi connectivity index (χ1v) is 18.6. The van der Waals surface area contributed by atoms with Crippen molar-refractivity contribution < 1.29 is 4.74 Å². The van der Waals surface area contributed by atoms with Crippen LogP contribution in [0.25, 0.3) is 71.2 Å². The monoisotopic (exact) mass is 740 g/mol. The van der Waals surface area contributed by atoms with Crippen molar-refractivity contribution in [2.75, 3.05) is 0 Å². The van der Waals surface area contributed by atoms with Gasteiger partial charge in [-0.15, -0.1) is 0 Å². The molecule has 0 unspecified atom stereocenters. The molecular weight excluding hydrogens is 717 g/mol. The summed E-state index contributed by atoms with van der Waals surface area (Å²) in [6.45, 7) is 7.71. The van der Waals surface area contributed by atoms with Gasteiger partial charge < -0.3 is 13.9 Å². The largest absolute Gasteiger partial charge is 0.457 e. The van der Waals surface area contributed by atoms with Crippen molar-refractivity contribution in [1.29, 1.82) is 10.5 Å². The van der Waals surface area contributed by atoms with Crippen LogP contribution in [0.3, 0.4) is 0 Å². The molecule has 0 fully saturated rings. The van der Waals surface area contributed by atoms with E-state index in [1.807, 2.05) is 97.3 Å². The van der Waals surface area contributed by atoms with Crippen LogP contribution in [0.4, 0.5) is 5.69 Å². The second-order valence-electron chi connectivity index (χ2n) is 14.6. The molecule has 5 aromatic heterocycles. The lowest BCUT2D eigenvalue weighted by Crippen LogP contribution is -2.32. The van der Waals surface area contributed by atoms with Crippen LogP contribution in [0, 0.1) is 29.2 Å². The van der Waals surface area contributed by atoms with Crippen LogP contribution < -0.4 is 4.74 Å². The zero-order valence-electron chi connectivity index (χ0n) is 30.3. The molecule has 5 aromatic carbocycles. The first-order chi connectivity index (χ1) is 28.6. The molecular formula is C49H24N8O. The van der Waals surface area contributed by atoms with Crippen molar-refractivity contribution in [3.05, 3.63) is 191 Å². The highest BCUT2D eigenvalue weighted by Crippen LogP contribution is 2.61. The number of nitrogens with zero attached hydrogens (tertiary/aromatic N) is 8. The van der Waals surface area contributed by atoms with Crippen molar-refractivity contribution in [3.8, 4) is 46.4 Å². The van der Waals surface area contributed by atoms with E-state index >= 15 is 0 Å². The molecule has 9 nitrogen and oxygen atoms in total. The minimum absolute atomic E-state index is 0.294. The van der Waals surface area contributed by atoms with Gasteiger partial charge in [-0.25, -0.2) is 9.83 Å². The molecule has 0 bridgehead atoms. The van der Waals surface area contributed by atoms with E-state index < -0.39 is 5.41 Å². The van der Waals surface area contributed by atoms with E-state index in [0.717, 1.165) is 100 Å². The molecule has 0 atom stereocenters. The molecule has 0 radical (unpaired) electrons. The van der Waals surface area contributed by atoms with E-state index in [1.165, 1.54) is 0 Å². The average Bonchev–Trinajstić information content (AvgIpc) is 3.89. The molecule has 0 amide bonds. The number of nitriles is 2. The molecule has 0 saturated carbocycles. The molecule has 1 aliphatic carbocycles. The molecule has 2 aliphatic rings. The third-order valence-electron chi connectivity index (χ3n) is 11.8. The van der Waals surface area contributed by atoms with E-state index in [1.54, 1.807) is 12.3 Å². The van der Waals surface area contributed by atoms with Crippen LogP contribution in [-0.2, 0) is 5.41 Å². The van der Waals surface area contributed by atoms with Crippen LogP contribution in [0.1, 0.15) is 33.5 Å². The molecule has 6 heterocycles. The van der Waals surface area contributed by atoms with Crippen molar-refractivity contribution in [2.24, 2.45) is 0 Å². The topological polar surface area (TPSA) is 110 Å².